The van der Waals surface area contributed by atoms with Gasteiger partial charge in [-0.25, -0.2) is 0 Å². The second-order valence-electron chi connectivity index (χ2n) is 3.95. The number of hydrogen-bond donors (Lipinski definition) is 1. The Kier molecular flexibility index (Phi) is 3.00. The minimum Gasteiger partial charge on any atom is -0.363 e. The molecule has 0 bridgehead atoms. The summed E-state index contributed by atoms with van der Waals surface area (Å²) in [7, 11) is 0. The van der Waals surface area contributed by atoms with E-state index in [9.17, 15) is 10.1 Å². The monoisotopic (exact) mass is 222 g/mol. The molecule has 6 nitrogen and oxygen atoms in total. The smallest absolute Gasteiger partial charge is 0.363 e. The van der Waals surface area contributed by atoms with Gasteiger partial charge in [-0.1, -0.05) is 0 Å². The normalized spacial score (nSPS) is 20.8. The summed E-state index contributed by atoms with van der Waals surface area (Å²) in [4.78, 5) is 16.1. The Morgan fingerprint density at radius 2 is 2.44 bits per heavy atom. The van der Waals surface area contributed by atoms with Crippen molar-refractivity contribution in [3.8, 4) is 0 Å². The third-order valence-electron chi connectivity index (χ3n) is 2.74. The van der Waals surface area contributed by atoms with E-state index in [2.05, 4.69) is 4.98 Å². The fourth-order valence-corrected chi connectivity index (χ4v) is 2.00. The van der Waals surface area contributed by atoms with Crippen molar-refractivity contribution in [1.29, 1.82) is 0 Å². The first kappa shape index (κ1) is 10.8. The number of nitrogens with two attached hydrogens (primary N) is 1. The zero-order valence-corrected chi connectivity index (χ0v) is 8.87. The molecule has 16 heavy (non-hydrogen) atoms. The van der Waals surface area contributed by atoms with Crippen LogP contribution >= 0.6 is 0 Å². The molecular weight excluding hydrogens is 208 g/mol. The van der Waals surface area contributed by atoms with Gasteiger partial charge >= 0.3 is 5.82 Å². The molecule has 0 amide bonds. The van der Waals surface area contributed by atoms with E-state index >= 15 is 0 Å². The Labute approximate surface area is 93.2 Å². The maximum absolute atomic E-state index is 10.8. The number of rotatable bonds is 2. The lowest BCUT2D eigenvalue weighted by molar-refractivity contribution is -0.388. The van der Waals surface area contributed by atoms with Crippen LogP contribution in [-0.4, -0.2) is 29.0 Å². The number of aromatic nitrogens is 1. The van der Waals surface area contributed by atoms with Crippen molar-refractivity contribution in [3.63, 3.8) is 0 Å². The third kappa shape index (κ3) is 2.11. The number of piperidine rings is 1. The van der Waals surface area contributed by atoms with Gasteiger partial charge in [0.05, 0.1) is 0 Å². The highest BCUT2D eigenvalue weighted by atomic mass is 16.6. The number of nitro groups is 1. The largest absolute Gasteiger partial charge is 0.387 e. The van der Waals surface area contributed by atoms with Crippen molar-refractivity contribution < 1.29 is 4.92 Å². The van der Waals surface area contributed by atoms with Crippen LogP contribution < -0.4 is 10.6 Å². The van der Waals surface area contributed by atoms with Crippen molar-refractivity contribution in [2.45, 2.75) is 18.9 Å². The zero-order chi connectivity index (χ0) is 11.5. The highest BCUT2D eigenvalue weighted by Crippen LogP contribution is 2.27. The average molecular weight is 222 g/mol. The van der Waals surface area contributed by atoms with E-state index in [1.54, 1.807) is 12.1 Å². The van der Waals surface area contributed by atoms with Crippen LogP contribution in [0.1, 0.15) is 12.8 Å². The summed E-state index contributed by atoms with van der Waals surface area (Å²) in [5.74, 6) is -0.0865. The standard InChI is InChI=1S/C10H14N4O2/c11-8-3-2-6-13(7-8)9-4-1-5-12-10(9)14(15)16/h1,4-5,8H,2-3,6-7,11H2/t8-/m1/s1. The third-order valence-corrected chi connectivity index (χ3v) is 2.74. The highest BCUT2D eigenvalue weighted by Gasteiger charge is 2.24. The van der Waals surface area contributed by atoms with Crippen LogP contribution in [0.15, 0.2) is 18.3 Å². The molecule has 2 heterocycles. The van der Waals surface area contributed by atoms with Crippen LogP contribution in [0.25, 0.3) is 0 Å². The molecule has 0 spiro atoms. The fraction of sp³-hybridized carbons (Fsp3) is 0.500. The van der Waals surface area contributed by atoms with Crippen LogP contribution in [0.5, 0.6) is 0 Å². The predicted molar refractivity (Wildman–Crippen MR) is 60.3 cm³/mol. The van der Waals surface area contributed by atoms with Crippen molar-refractivity contribution in [2.75, 3.05) is 18.0 Å². The Morgan fingerprint density at radius 1 is 1.62 bits per heavy atom. The van der Waals surface area contributed by atoms with Gasteiger partial charge < -0.3 is 20.7 Å². The first-order chi connectivity index (χ1) is 7.68. The van der Waals surface area contributed by atoms with Crippen molar-refractivity contribution >= 4 is 11.5 Å². The molecule has 0 aromatic carbocycles. The van der Waals surface area contributed by atoms with Crippen LogP contribution in [0.4, 0.5) is 11.5 Å². The molecule has 2 N–H and O–H groups in total. The van der Waals surface area contributed by atoms with E-state index in [0.29, 0.717) is 12.2 Å². The Morgan fingerprint density at radius 3 is 3.12 bits per heavy atom. The summed E-state index contributed by atoms with van der Waals surface area (Å²) in [5, 5.41) is 10.8. The van der Waals surface area contributed by atoms with E-state index in [1.807, 2.05) is 4.90 Å². The topological polar surface area (TPSA) is 85.3 Å². The number of pyridine rings is 1. The van der Waals surface area contributed by atoms with Gasteiger partial charge in [0, 0.05) is 19.1 Å². The first-order valence-corrected chi connectivity index (χ1v) is 5.28. The van der Waals surface area contributed by atoms with Crippen LogP contribution in [0.3, 0.4) is 0 Å². The van der Waals surface area contributed by atoms with E-state index in [-0.39, 0.29) is 11.9 Å². The molecule has 1 aliphatic heterocycles. The molecule has 0 saturated carbocycles. The summed E-state index contributed by atoms with van der Waals surface area (Å²) in [6.45, 7) is 1.47. The number of hydrogen-bond acceptors (Lipinski definition) is 5. The summed E-state index contributed by atoms with van der Waals surface area (Å²) in [5.41, 5.74) is 6.43. The molecule has 1 aliphatic rings. The highest BCUT2D eigenvalue weighted by molar-refractivity contribution is 5.59. The van der Waals surface area contributed by atoms with E-state index < -0.39 is 4.92 Å². The quantitative estimate of drug-likeness (QED) is 0.594. The lowest BCUT2D eigenvalue weighted by Crippen LogP contribution is -2.43. The van der Waals surface area contributed by atoms with Gasteiger partial charge in [-0.3, -0.25) is 0 Å². The second-order valence-corrected chi connectivity index (χ2v) is 3.95. The fourth-order valence-electron chi connectivity index (χ4n) is 2.00. The molecule has 0 radical (unpaired) electrons. The maximum Gasteiger partial charge on any atom is 0.387 e. The zero-order valence-electron chi connectivity index (χ0n) is 8.87. The average Bonchev–Trinajstić information content (AvgIpc) is 2.29. The summed E-state index contributed by atoms with van der Waals surface area (Å²) >= 11 is 0. The molecule has 1 aromatic rings. The Bertz CT molecular complexity index is 396. The minimum absolute atomic E-state index is 0.0865. The number of nitrogens with zero attached hydrogens (tertiary/aromatic N) is 3. The van der Waals surface area contributed by atoms with E-state index in [0.717, 1.165) is 19.4 Å². The molecule has 1 fully saturated rings. The van der Waals surface area contributed by atoms with Gasteiger partial charge in [0.15, 0.2) is 0 Å². The first-order valence-electron chi connectivity index (χ1n) is 5.28. The minimum atomic E-state index is -0.449. The van der Waals surface area contributed by atoms with Crippen LogP contribution in [0, 0.1) is 10.1 Å². The van der Waals surface area contributed by atoms with Gasteiger partial charge in [-0.05, 0) is 34.9 Å². The molecule has 2 rings (SSSR count). The van der Waals surface area contributed by atoms with Crippen molar-refractivity contribution in [2.24, 2.45) is 5.73 Å². The van der Waals surface area contributed by atoms with E-state index in [4.69, 9.17) is 5.73 Å². The van der Waals surface area contributed by atoms with Crippen molar-refractivity contribution in [3.05, 3.63) is 28.4 Å². The number of anilines is 1. The molecule has 0 aliphatic carbocycles. The lowest BCUT2D eigenvalue weighted by atomic mass is 10.1. The van der Waals surface area contributed by atoms with Crippen molar-refractivity contribution in [1.82, 2.24) is 4.98 Å². The van der Waals surface area contributed by atoms with Gasteiger partial charge in [0.2, 0.25) is 0 Å². The van der Waals surface area contributed by atoms with Gasteiger partial charge in [0.25, 0.3) is 0 Å². The maximum atomic E-state index is 10.8. The molecule has 1 atom stereocenters. The SMILES string of the molecule is N[C@@H]1CCCN(c2cccnc2[N+](=O)[O-])C1. The lowest BCUT2D eigenvalue weighted by Gasteiger charge is -2.31. The van der Waals surface area contributed by atoms with Gasteiger partial charge in [0.1, 0.15) is 11.9 Å². The molecule has 0 unspecified atom stereocenters. The summed E-state index contributed by atoms with van der Waals surface area (Å²) in [6, 6.07) is 3.53. The Balaban J connectivity index is 2.28. The van der Waals surface area contributed by atoms with Gasteiger partial charge in [-0.2, -0.15) is 0 Å². The van der Waals surface area contributed by atoms with Crippen LogP contribution in [-0.2, 0) is 0 Å². The molecule has 86 valence electrons. The predicted octanol–water partition coefficient (Wildman–Crippen LogP) is 0.917. The summed E-state index contributed by atoms with van der Waals surface area (Å²) in [6.07, 6.45) is 3.38. The Hall–Kier alpha value is -1.69. The van der Waals surface area contributed by atoms with Gasteiger partial charge in [-0.15, -0.1) is 0 Å². The second kappa shape index (κ2) is 4.44. The molecular formula is C10H14N4O2. The van der Waals surface area contributed by atoms with Crippen LogP contribution in [0.2, 0.25) is 0 Å². The van der Waals surface area contributed by atoms with E-state index in [1.165, 1.54) is 6.20 Å². The summed E-state index contributed by atoms with van der Waals surface area (Å²) < 4.78 is 0. The molecule has 1 saturated heterocycles. The molecule has 1 aromatic heterocycles. The molecule has 6 heteroatoms.